The minimum atomic E-state index is -0.648. The van der Waals surface area contributed by atoms with Crippen LogP contribution in [0.3, 0.4) is 0 Å². The van der Waals surface area contributed by atoms with Gasteiger partial charge in [-0.25, -0.2) is 4.79 Å². The van der Waals surface area contributed by atoms with Gasteiger partial charge < -0.3 is 10.1 Å². The monoisotopic (exact) mass is 261 g/mol. The third-order valence-electron chi connectivity index (χ3n) is 2.68. The number of benzene rings is 1. The summed E-state index contributed by atoms with van der Waals surface area (Å²) in [6.07, 6.45) is 3.01. The Morgan fingerprint density at radius 2 is 2.05 bits per heavy atom. The van der Waals surface area contributed by atoms with E-state index < -0.39 is 12.0 Å². The van der Waals surface area contributed by atoms with Crippen LogP contribution in [0.1, 0.15) is 18.4 Å². The van der Waals surface area contributed by atoms with E-state index >= 15 is 0 Å². The Kier molecular flexibility index (Phi) is 6.36. The lowest BCUT2D eigenvalue weighted by Gasteiger charge is -2.16. The van der Waals surface area contributed by atoms with Crippen LogP contribution >= 0.6 is 0 Å². The van der Waals surface area contributed by atoms with Gasteiger partial charge in [0.1, 0.15) is 6.04 Å². The smallest absolute Gasteiger partial charge is 0.328 e. The van der Waals surface area contributed by atoms with Crippen LogP contribution in [0.2, 0.25) is 0 Å². The number of rotatable bonds is 7. The molecule has 1 N–H and O–H groups in total. The van der Waals surface area contributed by atoms with E-state index in [-0.39, 0.29) is 5.91 Å². The van der Waals surface area contributed by atoms with Crippen LogP contribution in [-0.2, 0) is 20.7 Å². The van der Waals surface area contributed by atoms with Gasteiger partial charge in [-0.1, -0.05) is 36.4 Å². The van der Waals surface area contributed by atoms with Crippen molar-refractivity contribution < 1.29 is 14.3 Å². The number of carbonyl (C=O) groups excluding carboxylic acids is 2. The summed E-state index contributed by atoms with van der Waals surface area (Å²) in [5.41, 5.74) is 0.974. The molecule has 19 heavy (non-hydrogen) atoms. The maximum absolute atomic E-state index is 11.7. The normalized spacial score (nSPS) is 11.4. The van der Waals surface area contributed by atoms with Gasteiger partial charge in [0.2, 0.25) is 5.91 Å². The molecule has 4 heteroatoms. The van der Waals surface area contributed by atoms with Crippen molar-refractivity contribution in [1.82, 2.24) is 5.32 Å². The van der Waals surface area contributed by atoms with E-state index in [0.717, 1.165) is 5.56 Å². The standard InChI is InChI=1S/C15H19NO3/c1-3-4-10-14(17)16-13(15(18)19-2)11-12-8-6-5-7-9-12/h3,5-9,13H,1,4,10-11H2,2H3,(H,16,17)/t13-/m0/s1. The summed E-state index contributed by atoms with van der Waals surface area (Å²) in [6, 6.07) is 8.85. The van der Waals surface area contributed by atoms with Crippen molar-refractivity contribution in [1.29, 1.82) is 0 Å². The number of ether oxygens (including phenoxy) is 1. The summed E-state index contributed by atoms with van der Waals surface area (Å²) >= 11 is 0. The molecule has 0 heterocycles. The van der Waals surface area contributed by atoms with E-state index in [0.29, 0.717) is 19.3 Å². The summed E-state index contributed by atoms with van der Waals surface area (Å²) in [5, 5.41) is 2.69. The van der Waals surface area contributed by atoms with Gasteiger partial charge in [-0.15, -0.1) is 6.58 Å². The number of methoxy groups -OCH3 is 1. The Morgan fingerprint density at radius 1 is 1.37 bits per heavy atom. The van der Waals surface area contributed by atoms with Crippen molar-refractivity contribution in [3.8, 4) is 0 Å². The Labute approximate surface area is 113 Å². The molecular formula is C15H19NO3. The maximum Gasteiger partial charge on any atom is 0.328 e. The first-order chi connectivity index (χ1) is 9.17. The molecule has 0 unspecified atom stereocenters. The zero-order chi connectivity index (χ0) is 14.1. The second kappa shape index (κ2) is 8.08. The molecule has 0 saturated heterocycles. The number of hydrogen-bond donors (Lipinski definition) is 1. The molecule has 1 aromatic carbocycles. The molecule has 4 nitrogen and oxygen atoms in total. The fourth-order valence-electron chi connectivity index (χ4n) is 1.68. The predicted molar refractivity (Wildman–Crippen MR) is 73.5 cm³/mol. The fraction of sp³-hybridized carbons (Fsp3) is 0.333. The Morgan fingerprint density at radius 3 is 2.63 bits per heavy atom. The minimum Gasteiger partial charge on any atom is -0.467 e. The lowest BCUT2D eigenvalue weighted by molar-refractivity contribution is -0.145. The molecule has 102 valence electrons. The molecule has 0 aromatic heterocycles. The highest BCUT2D eigenvalue weighted by atomic mass is 16.5. The summed E-state index contributed by atoms with van der Waals surface area (Å²) in [4.78, 5) is 23.3. The van der Waals surface area contributed by atoms with Crippen LogP contribution in [0.15, 0.2) is 43.0 Å². The predicted octanol–water partition coefficient (Wildman–Crippen LogP) is 1.85. The first-order valence-electron chi connectivity index (χ1n) is 6.19. The molecule has 0 bridgehead atoms. The molecule has 0 radical (unpaired) electrons. The molecule has 1 aromatic rings. The summed E-state index contributed by atoms with van der Waals surface area (Å²) < 4.78 is 4.72. The summed E-state index contributed by atoms with van der Waals surface area (Å²) in [6.45, 7) is 3.56. The average molecular weight is 261 g/mol. The Bertz CT molecular complexity index is 428. The zero-order valence-corrected chi connectivity index (χ0v) is 11.1. The fourth-order valence-corrected chi connectivity index (χ4v) is 1.68. The second-order valence-corrected chi connectivity index (χ2v) is 4.16. The van der Waals surface area contributed by atoms with E-state index in [1.807, 2.05) is 30.3 Å². The van der Waals surface area contributed by atoms with Crippen LogP contribution in [0.25, 0.3) is 0 Å². The molecular weight excluding hydrogens is 242 g/mol. The largest absolute Gasteiger partial charge is 0.467 e. The molecule has 1 rings (SSSR count). The third-order valence-corrected chi connectivity index (χ3v) is 2.68. The lowest BCUT2D eigenvalue weighted by atomic mass is 10.1. The van der Waals surface area contributed by atoms with E-state index in [2.05, 4.69) is 11.9 Å². The quantitative estimate of drug-likeness (QED) is 0.602. The highest BCUT2D eigenvalue weighted by Crippen LogP contribution is 2.05. The molecule has 0 aliphatic rings. The molecule has 1 amide bonds. The van der Waals surface area contributed by atoms with Crippen LogP contribution in [0.5, 0.6) is 0 Å². The number of allylic oxidation sites excluding steroid dienone is 1. The van der Waals surface area contributed by atoms with Crippen LogP contribution in [0.4, 0.5) is 0 Å². The topological polar surface area (TPSA) is 55.4 Å². The number of amides is 1. The number of nitrogens with one attached hydrogen (secondary N) is 1. The zero-order valence-electron chi connectivity index (χ0n) is 11.1. The summed E-state index contributed by atoms with van der Waals surface area (Å²) in [7, 11) is 1.32. The highest BCUT2D eigenvalue weighted by molar-refractivity contribution is 5.84. The average Bonchev–Trinajstić information content (AvgIpc) is 2.44. The van der Waals surface area contributed by atoms with Crippen molar-refractivity contribution in [3.05, 3.63) is 48.6 Å². The first kappa shape index (κ1) is 15.0. The third kappa shape index (κ3) is 5.38. The molecule has 1 atom stereocenters. The van der Waals surface area contributed by atoms with Gasteiger partial charge in [-0.2, -0.15) is 0 Å². The molecule has 0 aliphatic carbocycles. The highest BCUT2D eigenvalue weighted by Gasteiger charge is 2.21. The van der Waals surface area contributed by atoms with Crippen molar-refractivity contribution in [2.75, 3.05) is 7.11 Å². The van der Waals surface area contributed by atoms with Crippen LogP contribution in [0, 0.1) is 0 Å². The van der Waals surface area contributed by atoms with Crippen molar-refractivity contribution in [2.24, 2.45) is 0 Å². The number of carbonyl (C=O) groups is 2. The maximum atomic E-state index is 11.7. The summed E-state index contributed by atoms with van der Waals surface area (Å²) in [5.74, 6) is -0.609. The molecule has 0 fully saturated rings. The van der Waals surface area contributed by atoms with Gasteiger partial charge >= 0.3 is 5.97 Å². The Hall–Kier alpha value is -2.10. The minimum absolute atomic E-state index is 0.175. The van der Waals surface area contributed by atoms with Gasteiger partial charge in [0.15, 0.2) is 0 Å². The van der Waals surface area contributed by atoms with Crippen molar-refractivity contribution in [3.63, 3.8) is 0 Å². The van der Waals surface area contributed by atoms with E-state index in [1.54, 1.807) is 6.08 Å². The van der Waals surface area contributed by atoms with Crippen LogP contribution in [-0.4, -0.2) is 25.0 Å². The molecule has 0 aliphatic heterocycles. The lowest BCUT2D eigenvalue weighted by Crippen LogP contribution is -2.42. The Balaban J connectivity index is 2.64. The first-order valence-corrected chi connectivity index (χ1v) is 6.19. The van der Waals surface area contributed by atoms with E-state index in [4.69, 9.17) is 4.74 Å². The van der Waals surface area contributed by atoms with Crippen LogP contribution < -0.4 is 5.32 Å². The SMILES string of the molecule is C=CCCC(=O)N[C@@H](Cc1ccccc1)C(=O)OC. The molecule has 0 saturated carbocycles. The van der Waals surface area contributed by atoms with Gasteiger partial charge in [0, 0.05) is 12.8 Å². The van der Waals surface area contributed by atoms with Gasteiger partial charge in [-0.05, 0) is 12.0 Å². The van der Waals surface area contributed by atoms with E-state index in [1.165, 1.54) is 7.11 Å². The molecule has 0 spiro atoms. The van der Waals surface area contributed by atoms with Gasteiger partial charge in [0.25, 0.3) is 0 Å². The van der Waals surface area contributed by atoms with Crippen molar-refractivity contribution in [2.45, 2.75) is 25.3 Å². The number of esters is 1. The number of hydrogen-bond acceptors (Lipinski definition) is 3. The van der Waals surface area contributed by atoms with E-state index in [9.17, 15) is 9.59 Å². The van der Waals surface area contributed by atoms with Gasteiger partial charge in [-0.3, -0.25) is 4.79 Å². The van der Waals surface area contributed by atoms with Crippen molar-refractivity contribution >= 4 is 11.9 Å². The van der Waals surface area contributed by atoms with Gasteiger partial charge in [0.05, 0.1) is 7.11 Å². The second-order valence-electron chi connectivity index (χ2n) is 4.16.